The molecule has 6 heteroatoms. The molecule has 27 heavy (non-hydrogen) atoms. The Balaban J connectivity index is 0.00000210. The van der Waals surface area contributed by atoms with Crippen LogP contribution in [0.5, 0.6) is 0 Å². The first-order valence-corrected chi connectivity index (χ1v) is 9.31. The number of hydrogen-bond acceptors (Lipinski definition) is 3. The number of rotatable bonds is 5. The average Bonchev–Trinajstić information content (AvgIpc) is 3.19. The topological polar surface area (TPSA) is 59.0 Å². The maximum atomic E-state index is 12.3. The van der Waals surface area contributed by atoms with Gasteiger partial charge >= 0.3 is 0 Å². The molecule has 0 aliphatic carbocycles. The van der Waals surface area contributed by atoms with Crippen molar-refractivity contribution < 1.29 is 4.79 Å². The van der Waals surface area contributed by atoms with Crippen LogP contribution in [0.4, 0.5) is 0 Å². The van der Waals surface area contributed by atoms with E-state index in [-0.39, 0.29) is 18.3 Å². The number of nitrogens with one attached hydrogen (secondary N) is 2. The molecule has 3 aromatic rings. The normalized spacial score (nSPS) is 16.7. The molecule has 1 unspecified atom stereocenters. The van der Waals surface area contributed by atoms with Gasteiger partial charge in [0.2, 0.25) is 0 Å². The van der Waals surface area contributed by atoms with E-state index in [1.807, 2.05) is 23.0 Å². The van der Waals surface area contributed by atoms with Crippen LogP contribution in [-0.4, -0.2) is 35.3 Å². The minimum Gasteiger partial charge on any atom is -0.350 e. The smallest absolute Gasteiger partial charge is 0.271 e. The maximum Gasteiger partial charge on any atom is 0.271 e. The highest BCUT2D eigenvalue weighted by atomic mass is 35.5. The lowest BCUT2D eigenvalue weighted by Gasteiger charge is -2.22. The van der Waals surface area contributed by atoms with Gasteiger partial charge < -0.3 is 10.6 Å². The van der Waals surface area contributed by atoms with Crippen molar-refractivity contribution in [3.8, 4) is 0 Å². The number of nitrogens with zero attached hydrogens (tertiary/aromatic N) is 2. The number of aromatic nitrogens is 2. The Bertz CT molecular complexity index is 902. The molecular weight excluding hydrogens is 360 g/mol. The van der Waals surface area contributed by atoms with Gasteiger partial charge in [-0.05, 0) is 48.2 Å². The fourth-order valence-electron chi connectivity index (χ4n) is 3.53. The Labute approximate surface area is 165 Å². The molecule has 0 saturated carbocycles. The van der Waals surface area contributed by atoms with Crippen molar-refractivity contribution in [2.75, 3.05) is 19.6 Å². The summed E-state index contributed by atoms with van der Waals surface area (Å²) in [6.07, 6.45) is 4.98. The predicted octanol–water partition coefficient (Wildman–Crippen LogP) is 3.36. The van der Waals surface area contributed by atoms with Crippen molar-refractivity contribution in [3.63, 3.8) is 0 Å². The number of piperidine rings is 1. The lowest BCUT2D eigenvalue weighted by atomic mass is 10.1. The van der Waals surface area contributed by atoms with E-state index in [1.165, 1.54) is 16.3 Å². The van der Waals surface area contributed by atoms with Gasteiger partial charge in [-0.1, -0.05) is 42.5 Å². The highest BCUT2D eigenvalue weighted by Crippen LogP contribution is 2.17. The number of fused-ring (bicyclic) bond motifs is 1. The van der Waals surface area contributed by atoms with Gasteiger partial charge in [-0.25, -0.2) is 0 Å². The van der Waals surface area contributed by atoms with Crippen molar-refractivity contribution in [3.05, 3.63) is 66.0 Å². The molecule has 2 heterocycles. The number of amides is 1. The van der Waals surface area contributed by atoms with E-state index >= 15 is 0 Å². The molecule has 1 saturated heterocycles. The monoisotopic (exact) mass is 384 g/mol. The standard InChI is InChI=1S/C21H24N4O.ClH/c26-21(20-10-13-25(24-20)19-6-3-11-22-15-19)23-12-9-16-7-8-17-4-1-2-5-18(17)14-16;/h1-2,4-5,7-8,10,13-14,19,22H,3,6,9,11-12,15H2,(H,23,26);1H. The summed E-state index contributed by atoms with van der Waals surface area (Å²) in [5, 5.41) is 13.3. The van der Waals surface area contributed by atoms with Crippen molar-refractivity contribution in [1.82, 2.24) is 20.4 Å². The molecular formula is C21H25ClN4O. The zero-order valence-corrected chi connectivity index (χ0v) is 16.0. The number of carbonyl (C=O) groups excluding carboxylic acids is 1. The van der Waals surface area contributed by atoms with Crippen LogP contribution in [0.15, 0.2) is 54.7 Å². The second kappa shape index (κ2) is 9.02. The Kier molecular flexibility index (Phi) is 6.48. The Morgan fingerprint density at radius 1 is 1.19 bits per heavy atom. The molecule has 1 fully saturated rings. The zero-order chi connectivity index (χ0) is 17.8. The lowest BCUT2D eigenvalue weighted by Crippen LogP contribution is -2.32. The minimum atomic E-state index is -0.103. The van der Waals surface area contributed by atoms with E-state index in [0.29, 0.717) is 18.3 Å². The van der Waals surface area contributed by atoms with Crippen molar-refractivity contribution in [1.29, 1.82) is 0 Å². The van der Waals surface area contributed by atoms with E-state index in [4.69, 9.17) is 0 Å². The lowest BCUT2D eigenvalue weighted by molar-refractivity contribution is 0.0948. The first-order chi connectivity index (χ1) is 12.8. The first-order valence-electron chi connectivity index (χ1n) is 9.31. The number of hydrogen-bond donors (Lipinski definition) is 2. The molecule has 2 aromatic carbocycles. The van der Waals surface area contributed by atoms with Crippen LogP contribution in [0.25, 0.3) is 10.8 Å². The summed E-state index contributed by atoms with van der Waals surface area (Å²) in [6.45, 7) is 2.60. The fraction of sp³-hybridized carbons (Fsp3) is 0.333. The van der Waals surface area contributed by atoms with Crippen LogP contribution in [-0.2, 0) is 6.42 Å². The van der Waals surface area contributed by atoms with Gasteiger partial charge in [0.05, 0.1) is 6.04 Å². The van der Waals surface area contributed by atoms with Crippen molar-refractivity contribution in [2.45, 2.75) is 25.3 Å². The zero-order valence-electron chi connectivity index (χ0n) is 15.2. The van der Waals surface area contributed by atoms with Crippen LogP contribution in [0.1, 0.15) is 34.9 Å². The summed E-state index contributed by atoms with van der Waals surface area (Å²) in [6, 6.07) is 16.9. The van der Waals surface area contributed by atoms with Gasteiger partial charge in [0, 0.05) is 19.3 Å². The highest BCUT2D eigenvalue weighted by molar-refractivity contribution is 5.92. The number of benzene rings is 2. The third-order valence-corrected chi connectivity index (χ3v) is 5.00. The van der Waals surface area contributed by atoms with Gasteiger partial charge in [-0.15, -0.1) is 12.4 Å². The third kappa shape index (κ3) is 4.67. The van der Waals surface area contributed by atoms with Gasteiger partial charge in [-0.3, -0.25) is 9.48 Å². The third-order valence-electron chi connectivity index (χ3n) is 5.00. The summed E-state index contributed by atoms with van der Waals surface area (Å²) >= 11 is 0. The second-order valence-corrected chi connectivity index (χ2v) is 6.87. The van der Waals surface area contributed by atoms with Crippen molar-refractivity contribution in [2.24, 2.45) is 0 Å². The number of carbonyl (C=O) groups is 1. The first kappa shape index (κ1) is 19.4. The van der Waals surface area contributed by atoms with Gasteiger partial charge in [0.15, 0.2) is 0 Å². The highest BCUT2D eigenvalue weighted by Gasteiger charge is 2.17. The van der Waals surface area contributed by atoms with E-state index in [2.05, 4.69) is 46.1 Å². The average molecular weight is 385 g/mol. The fourth-order valence-corrected chi connectivity index (χ4v) is 3.53. The molecule has 4 rings (SSSR count). The SMILES string of the molecule is Cl.O=C(NCCc1ccc2ccccc2c1)c1ccn(C2CCCNC2)n1. The summed E-state index contributed by atoms with van der Waals surface area (Å²) in [5.74, 6) is -0.103. The summed E-state index contributed by atoms with van der Waals surface area (Å²) in [5.41, 5.74) is 1.72. The molecule has 0 radical (unpaired) electrons. The maximum absolute atomic E-state index is 12.3. The second-order valence-electron chi connectivity index (χ2n) is 6.87. The minimum absolute atomic E-state index is 0. The van der Waals surface area contributed by atoms with E-state index in [1.54, 1.807) is 6.07 Å². The van der Waals surface area contributed by atoms with E-state index < -0.39 is 0 Å². The largest absolute Gasteiger partial charge is 0.350 e. The molecule has 0 bridgehead atoms. The Hall–Kier alpha value is -2.37. The quantitative estimate of drug-likeness (QED) is 0.709. The molecule has 0 spiro atoms. The van der Waals surface area contributed by atoms with Crippen LogP contribution in [0.2, 0.25) is 0 Å². The Morgan fingerprint density at radius 3 is 2.85 bits per heavy atom. The van der Waals surface area contributed by atoms with Gasteiger partial charge in [0.25, 0.3) is 5.91 Å². The van der Waals surface area contributed by atoms with Crippen LogP contribution in [0.3, 0.4) is 0 Å². The van der Waals surface area contributed by atoms with Gasteiger partial charge in [-0.2, -0.15) is 5.10 Å². The molecule has 1 aliphatic rings. The summed E-state index contributed by atoms with van der Waals surface area (Å²) in [4.78, 5) is 12.3. The Morgan fingerprint density at radius 2 is 2.04 bits per heavy atom. The van der Waals surface area contributed by atoms with E-state index in [0.717, 1.165) is 32.4 Å². The van der Waals surface area contributed by atoms with Crippen LogP contribution >= 0.6 is 12.4 Å². The number of halogens is 1. The summed E-state index contributed by atoms with van der Waals surface area (Å²) in [7, 11) is 0. The predicted molar refractivity (Wildman–Crippen MR) is 111 cm³/mol. The molecule has 1 aromatic heterocycles. The molecule has 1 amide bonds. The molecule has 1 atom stereocenters. The van der Waals surface area contributed by atoms with Crippen LogP contribution < -0.4 is 10.6 Å². The van der Waals surface area contributed by atoms with Gasteiger partial charge in [0.1, 0.15) is 5.69 Å². The molecule has 5 nitrogen and oxygen atoms in total. The molecule has 1 aliphatic heterocycles. The van der Waals surface area contributed by atoms with Crippen LogP contribution in [0, 0.1) is 0 Å². The van der Waals surface area contributed by atoms with E-state index in [9.17, 15) is 4.79 Å². The van der Waals surface area contributed by atoms with Crippen molar-refractivity contribution >= 4 is 29.1 Å². The molecule has 142 valence electrons. The summed E-state index contributed by atoms with van der Waals surface area (Å²) < 4.78 is 1.92. The molecule has 2 N–H and O–H groups in total.